The van der Waals surface area contributed by atoms with E-state index in [1.165, 1.54) is 6.07 Å². The van der Waals surface area contributed by atoms with Gasteiger partial charge in [-0.25, -0.2) is 18.6 Å². The molecule has 0 aliphatic carbocycles. The van der Waals surface area contributed by atoms with Crippen molar-refractivity contribution >= 4 is 16.1 Å². The lowest BCUT2D eigenvalue weighted by atomic mass is 10.2. The summed E-state index contributed by atoms with van der Waals surface area (Å²) in [5.74, 6) is 0. The van der Waals surface area contributed by atoms with Crippen LogP contribution in [0.15, 0.2) is 23.1 Å². The smallest absolute Gasteiger partial charge is 0.422 e. The third kappa shape index (κ3) is 3.43. The van der Waals surface area contributed by atoms with Crippen molar-refractivity contribution in [2.45, 2.75) is 18.7 Å². The summed E-state index contributed by atoms with van der Waals surface area (Å²) in [6, 6.07) is 4.90. The lowest BCUT2D eigenvalue weighted by Gasteiger charge is -2.10. The highest BCUT2D eigenvalue weighted by molar-refractivity contribution is 7.89. The fourth-order valence-corrected chi connectivity index (χ4v) is 2.37. The average Bonchev–Trinajstić information content (AvgIpc) is 2.25. The van der Waals surface area contributed by atoms with Crippen LogP contribution in [0.5, 0.6) is 0 Å². The average molecular weight is 258 g/mol. The second kappa shape index (κ2) is 5.15. The number of benzene rings is 1. The van der Waals surface area contributed by atoms with Crippen molar-refractivity contribution < 1.29 is 17.9 Å². The molecule has 0 aromatic heterocycles. The van der Waals surface area contributed by atoms with Crippen LogP contribution in [-0.2, 0) is 14.8 Å². The van der Waals surface area contributed by atoms with Crippen molar-refractivity contribution in [3.63, 3.8) is 0 Å². The third-order valence-corrected chi connectivity index (χ3v) is 3.50. The number of aryl methyl sites for hydroxylation is 2. The van der Waals surface area contributed by atoms with E-state index in [0.717, 1.165) is 12.7 Å². The summed E-state index contributed by atoms with van der Waals surface area (Å²) in [5, 5.41) is 0. The van der Waals surface area contributed by atoms with Gasteiger partial charge in [-0.15, -0.1) is 4.83 Å². The molecule has 0 aliphatic heterocycles. The number of hydrazine groups is 1. The number of hydrogen-bond acceptors (Lipinski definition) is 4. The van der Waals surface area contributed by atoms with E-state index in [-0.39, 0.29) is 4.90 Å². The number of carbonyl (C=O) groups excluding carboxylic acids is 1. The van der Waals surface area contributed by atoms with Crippen LogP contribution in [0, 0.1) is 13.8 Å². The van der Waals surface area contributed by atoms with Gasteiger partial charge in [-0.3, -0.25) is 0 Å². The largest absolute Gasteiger partial charge is 0.452 e. The Labute approximate surface area is 100.0 Å². The zero-order valence-corrected chi connectivity index (χ0v) is 10.6. The van der Waals surface area contributed by atoms with E-state index in [4.69, 9.17) is 0 Å². The summed E-state index contributed by atoms with van der Waals surface area (Å²) in [7, 11) is -2.64. The number of sulfonamides is 1. The summed E-state index contributed by atoms with van der Waals surface area (Å²) in [4.78, 5) is 12.8. The second-order valence-electron chi connectivity index (χ2n) is 3.49. The lowest BCUT2D eigenvalue weighted by Crippen LogP contribution is -2.41. The Hall–Kier alpha value is -1.60. The predicted octanol–water partition coefficient (Wildman–Crippen LogP) is 0.853. The molecule has 1 aromatic carbocycles. The molecule has 0 fully saturated rings. The van der Waals surface area contributed by atoms with Crippen molar-refractivity contribution in [3.8, 4) is 0 Å². The number of amides is 1. The normalized spacial score (nSPS) is 11.0. The first-order valence-electron chi connectivity index (χ1n) is 4.80. The Kier molecular flexibility index (Phi) is 4.08. The third-order valence-electron chi connectivity index (χ3n) is 2.09. The lowest BCUT2D eigenvalue weighted by molar-refractivity contribution is 0.169. The van der Waals surface area contributed by atoms with Gasteiger partial charge in [0.2, 0.25) is 0 Å². The van der Waals surface area contributed by atoms with Gasteiger partial charge in [-0.2, -0.15) is 0 Å². The molecule has 94 valence electrons. The standard InChI is InChI=1S/C10H14N2O4S/c1-7-4-5-9(8(2)6-7)17(14,15)12-11-10(13)16-3/h4-6,12H,1-3H3,(H,11,13). The minimum Gasteiger partial charge on any atom is -0.452 e. The topological polar surface area (TPSA) is 84.5 Å². The molecule has 0 aliphatic rings. The van der Waals surface area contributed by atoms with Gasteiger partial charge >= 0.3 is 6.09 Å². The second-order valence-corrected chi connectivity index (χ2v) is 5.14. The van der Waals surface area contributed by atoms with Crippen LogP contribution in [0.4, 0.5) is 4.79 Å². The van der Waals surface area contributed by atoms with Gasteiger partial charge in [-0.1, -0.05) is 17.7 Å². The van der Waals surface area contributed by atoms with E-state index in [0.29, 0.717) is 5.56 Å². The highest BCUT2D eigenvalue weighted by atomic mass is 32.2. The highest BCUT2D eigenvalue weighted by Gasteiger charge is 2.17. The van der Waals surface area contributed by atoms with Crippen molar-refractivity contribution in [2.75, 3.05) is 7.11 Å². The molecule has 0 saturated heterocycles. The number of methoxy groups -OCH3 is 1. The maximum Gasteiger partial charge on any atom is 0.422 e. The van der Waals surface area contributed by atoms with Crippen LogP contribution in [0.1, 0.15) is 11.1 Å². The van der Waals surface area contributed by atoms with Gasteiger partial charge in [0, 0.05) is 0 Å². The summed E-state index contributed by atoms with van der Waals surface area (Å²) >= 11 is 0. The summed E-state index contributed by atoms with van der Waals surface area (Å²) in [6.45, 7) is 3.54. The van der Waals surface area contributed by atoms with Gasteiger partial charge in [-0.05, 0) is 25.5 Å². The number of ether oxygens (including phenoxy) is 1. The molecule has 1 aromatic rings. The van der Waals surface area contributed by atoms with Crippen LogP contribution in [0.25, 0.3) is 0 Å². The monoisotopic (exact) mass is 258 g/mol. The molecule has 2 N–H and O–H groups in total. The Morgan fingerprint density at radius 3 is 2.47 bits per heavy atom. The Bertz CT molecular complexity index is 525. The van der Waals surface area contributed by atoms with Crippen LogP contribution < -0.4 is 10.3 Å². The van der Waals surface area contributed by atoms with E-state index in [1.54, 1.807) is 19.1 Å². The van der Waals surface area contributed by atoms with E-state index in [9.17, 15) is 13.2 Å². The maximum atomic E-state index is 11.8. The Balaban J connectivity index is 2.94. The molecule has 0 atom stereocenters. The Morgan fingerprint density at radius 1 is 1.29 bits per heavy atom. The molecule has 0 spiro atoms. The minimum absolute atomic E-state index is 0.111. The van der Waals surface area contributed by atoms with Gasteiger partial charge in [0.1, 0.15) is 0 Å². The quantitative estimate of drug-likeness (QED) is 0.787. The number of carbonyl (C=O) groups is 1. The van der Waals surface area contributed by atoms with Crippen LogP contribution in [0.3, 0.4) is 0 Å². The molecule has 0 saturated carbocycles. The molecule has 6 nitrogen and oxygen atoms in total. The van der Waals surface area contributed by atoms with Crippen LogP contribution in [0.2, 0.25) is 0 Å². The predicted molar refractivity (Wildman–Crippen MR) is 61.8 cm³/mol. The molecule has 1 amide bonds. The zero-order valence-electron chi connectivity index (χ0n) is 9.77. The molecular weight excluding hydrogens is 244 g/mol. The summed E-state index contributed by atoms with van der Waals surface area (Å²) < 4.78 is 27.9. The van der Waals surface area contributed by atoms with Crippen molar-refractivity contribution in [1.82, 2.24) is 10.3 Å². The van der Waals surface area contributed by atoms with Gasteiger partial charge in [0.25, 0.3) is 10.0 Å². The molecule has 7 heteroatoms. The molecule has 0 unspecified atom stereocenters. The van der Waals surface area contributed by atoms with E-state index in [2.05, 4.69) is 4.74 Å². The first-order chi connectivity index (χ1) is 7.86. The van der Waals surface area contributed by atoms with Crippen LogP contribution in [-0.4, -0.2) is 21.6 Å². The fraction of sp³-hybridized carbons (Fsp3) is 0.300. The van der Waals surface area contributed by atoms with Crippen molar-refractivity contribution in [3.05, 3.63) is 29.3 Å². The first kappa shape index (κ1) is 13.5. The highest BCUT2D eigenvalue weighted by Crippen LogP contribution is 2.15. The minimum atomic E-state index is -3.77. The van der Waals surface area contributed by atoms with E-state index >= 15 is 0 Å². The number of rotatable bonds is 3. The fourth-order valence-electron chi connectivity index (χ4n) is 1.32. The SMILES string of the molecule is COC(=O)NNS(=O)(=O)c1ccc(C)cc1C. The van der Waals surface area contributed by atoms with E-state index in [1.807, 2.05) is 17.2 Å². The molecule has 0 heterocycles. The molecule has 17 heavy (non-hydrogen) atoms. The molecular formula is C10H14N2O4S. The van der Waals surface area contributed by atoms with E-state index < -0.39 is 16.1 Å². The van der Waals surface area contributed by atoms with Gasteiger partial charge in [0.15, 0.2) is 0 Å². The van der Waals surface area contributed by atoms with Crippen molar-refractivity contribution in [1.29, 1.82) is 0 Å². The van der Waals surface area contributed by atoms with Crippen LogP contribution >= 0.6 is 0 Å². The molecule has 1 rings (SSSR count). The molecule has 0 radical (unpaired) electrons. The maximum absolute atomic E-state index is 11.8. The molecule has 0 bridgehead atoms. The first-order valence-corrected chi connectivity index (χ1v) is 6.28. The summed E-state index contributed by atoms with van der Waals surface area (Å²) in [5.41, 5.74) is 3.48. The van der Waals surface area contributed by atoms with Crippen molar-refractivity contribution in [2.24, 2.45) is 0 Å². The van der Waals surface area contributed by atoms with Gasteiger partial charge < -0.3 is 4.74 Å². The summed E-state index contributed by atoms with van der Waals surface area (Å²) in [6.07, 6.45) is -0.877. The number of hydrogen-bond donors (Lipinski definition) is 2. The Morgan fingerprint density at radius 2 is 1.94 bits per heavy atom. The number of nitrogens with one attached hydrogen (secondary N) is 2. The zero-order chi connectivity index (χ0) is 13.1. The van der Waals surface area contributed by atoms with Gasteiger partial charge in [0.05, 0.1) is 12.0 Å².